The van der Waals surface area contributed by atoms with Crippen LogP contribution in [0.2, 0.25) is 15.1 Å². The Bertz CT molecular complexity index is 570. The third-order valence-electron chi connectivity index (χ3n) is 2.30. The summed E-state index contributed by atoms with van der Waals surface area (Å²) < 4.78 is 5.57. The Balaban J connectivity index is 2.23. The molecule has 0 spiro atoms. The summed E-state index contributed by atoms with van der Waals surface area (Å²) in [5.41, 5.74) is 0.976. The monoisotopic (exact) mass is 316 g/mol. The number of pyridine rings is 1. The van der Waals surface area contributed by atoms with Gasteiger partial charge in [-0.1, -0.05) is 34.8 Å². The van der Waals surface area contributed by atoms with E-state index in [4.69, 9.17) is 39.5 Å². The van der Waals surface area contributed by atoms with Crippen LogP contribution in [0.4, 0.5) is 0 Å². The Morgan fingerprint density at radius 2 is 1.79 bits per heavy atom. The van der Waals surface area contributed by atoms with Crippen molar-refractivity contribution >= 4 is 34.8 Å². The first-order valence-electron chi connectivity index (χ1n) is 5.51. The van der Waals surface area contributed by atoms with Crippen molar-refractivity contribution in [3.63, 3.8) is 0 Å². The zero-order valence-electron chi connectivity index (χ0n) is 10.1. The fourth-order valence-corrected chi connectivity index (χ4v) is 2.27. The summed E-state index contributed by atoms with van der Waals surface area (Å²) in [6, 6.07) is 6.72. The largest absolute Gasteiger partial charge is 0.437 e. The number of halogens is 3. The lowest BCUT2D eigenvalue weighted by Gasteiger charge is -2.08. The van der Waals surface area contributed by atoms with Crippen LogP contribution in [0.1, 0.15) is 5.56 Å². The van der Waals surface area contributed by atoms with Crippen LogP contribution in [-0.2, 0) is 6.54 Å². The molecule has 0 aliphatic heterocycles. The van der Waals surface area contributed by atoms with Gasteiger partial charge in [0.05, 0.1) is 0 Å². The van der Waals surface area contributed by atoms with Crippen LogP contribution in [0.5, 0.6) is 11.6 Å². The van der Waals surface area contributed by atoms with E-state index in [0.717, 1.165) is 5.56 Å². The predicted octanol–water partition coefficient (Wildman–Crippen LogP) is 4.55. The smallest absolute Gasteiger partial charge is 0.238 e. The Morgan fingerprint density at radius 1 is 1.11 bits per heavy atom. The van der Waals surface area contributed by atoms with Gasteiger partial charge in [0.1, 0.15) is 10.8 Å². The molecule has 100 valence electrons. The maximum Gasteiger partial charge on any atom is 0.238 e. The number of benzene rings is 1. The first-order chi connectivity index (χ1) is 9.08. The lowest BCUT2D eigenvalue weighted by molar-refractivity contribution is 0.462. The molecule has 3 nitrogen and oxygen atoms in total. The van der Waals surface area contributed by atoms with E-state index in [2.05, 4.69) is 10.3 Å². The zero-order valence-corrected chi connectivity index (χ0v) is 12.4. The molecule has 2 aromatic rings. The van der Waals surface area contributed by atoms with Gasteiger partial charge in [-0.3, -0.25) is 0 Å². The van der Waals surface area contributed by atoms with Crippen molar-refractivity contribution in [3.8, 4) is 11.6 Å². The maximum absolute atomic E-state index is 6.11. The number of nitrogens with zero attached hydrogens (tertiary/aromatic N) is 1. The highest BCUT2D eigenvalue weighted by Gasteiger charge is 2.07. The Morgan fingerprint density at radius 3 is 2.37 bits per heavy atom. The van der Waals surface area contributed by atoms with Gasteiger partial charge in [0.25, 0.3) is 0 Å². The molecule has 0 bridgehead atoms. The second-order valence-corrected chi connectivity index (χ2v) is 5.15. The topological polar surface area (TPSA) is 34.2 Å². The molecule has 1 heterocycles. The molecule has 0 radical (unpaired) electrons. The first-order valence-corrected chi connectivity index (χ1v) is 6.65. The number of hydrogen-bond donors (Lipinski definition) is 1. The fraction of sp³-hybridized carbons (Fsp3) is 0.154. The van der Waals surface area contributed by atoms with Gasteiger partial charge in [-0.2, -0.15) is 0 Å². The molecule has 1 aromatic carbocycles. The average molecular weight is 318 g/mol. The average Bonchev–Trinajstić information content (AvgIpc) is 2.32. The molecule has 0 fully saturated rings. The molecule has 6 heteroatoms. The minimum absolute atomic E-state index is 0.319. The summed E-state index contributed by atoms with van der Waals surface area (Å²) in [6.45, 7) is 0.690. The summed E-state index contributed by atoms with van der Waals surface area (Å²) in [4.78, 5) is 4.17. The summed E-state index contributed by atoms with van der Waals surface area (Å²) in [5.74, 6) is 0.813. The predicted molar refractivity (Wildman–Crippen MR) is 78.5 cm³/mol. The van der Waals surface area contributed by atoms with Crippen LogP contribution in [-0.4, -0.2) is 12.0 Å². The number of ether oxygens (including phenoxy) is 1. The van der Waals surface area contributed by atoms with Crippen molar-refractivity contribution in [2.75, 3.05) is 7.05 Å². The number of nitrogens with one attached hydrogen (secondary N) is 1. The minimum atomic E-state index is 0.319. The van der Waals surface area contributed by atoms with E-state index in [1.54, 1.807) is 30.5 Å². The summed E-state index contributed by atoms with van der Waals surface area (Å²) in [5, 5.41) is 4.44. The highest BCUT2D eigenvalue weighted by atomic mass is 35.5. The second kappa shape index (κ2) is 6.44. The molecule has 1 aromatic heterocycles. The van der Waals surface area contributed by atoms with Crippen molar-refractivity contribution < 1.29 is 4.74 Å². The van der Waals surface area contributed by atoms with Gasteiger partial charge >= 0.3 is 0 Å². The van der Waals surface area contributed by atoms with Gasteiger partial charge in [-0.05, 0) is 36.9 Å². The van der Waals surface area contributed by atoms with Crippen molar-refractivity contribution in [1.29, 1.82) is 0 Å². The van der Waals surface area contributed by atoms with Gasteiger partial charge < -0.3 is 10.1 Å². The van der Waals surface area contributed by atoms with Gasteiger partial charge in [0, 0.05) is 22.8 Å². The molecule has 0 saturated carbocycles. The van der Waals surface area contributed by atoms with E-state index in [1.807, 2.05) is 7.05 Å². The lowest BCUT2D eigenvalue weighted by Crippen LogP contribution is -2.05. The van der Waals surface area contributed by atoms with E-state index >= 15 is 0 Å². The molecule has 1 N–H and O–H groups in total. The number of hydrogen-bond acceptors (Lipinski definition) is 3. The van der Waals surface area contributed by atoms with Crippen LogP contribution < -0.4 is 10.1 Å². The van der Waals surface area contributed by atoms with Gasteiger partial charge in [0.2, 0.25) is 5.88 Å². The summed E-state index contributed by atoms with van der Waals surface area (Å²) in [7, 11) is 1.85. The molecule has 0 aliphatic rings. The van der Waals surface area contributed by atoms with Crippen LogP contribution in [0, 0.1) is 0 Å². The second-order valence-electron chi connectivity index (χ2n) is 3.87. The fourth-order valence-electron chi connectivity index (χ4n) is 1.54. The lowest BCUT2D eigenvalue weighted by atomic mass is 10.3. The molecule has 0 aliphatic carbocycles. The minimum Gasteiger partial charge on any atom is -0.437 e. The Hall–Kier alpha value is -1.000. The Kier molecular flexibility index (Phi) is 4.88. The molecule has 0 amide bonds. The van der Waals surface area contributed by atoms with E-state index in [1.165, 1.54) is 0 Å². The Labute approximate surface area is 126 Å². The molecule has 0 unspecified atom stereocenters. The highest BCUT2D eigenvalue weighted by Crippen LogP contribution is 2.31. The van der Waals surface area contributed by atoms with E-state index < -0.39 is 0 Å². The van der Waals surface area contributed by atoms with Crippen molar-refractivity contribution in [2.45, 2.75) is 6.54 Å². The van der Waals surface area contributed by atoms with Gasteiger partial charge in [0.15, 0.2) is 0 Å². The summed E-state index contributed by atoms with van der Waals surface area (Å²) in [6.07, 6.45) is 1.70. The first kappa shape index (κ1) is 14.4. The van der Waals surface area contributed by atoms with E-state index in [0.29, 0.717) is 33.2 Å². The molecule has 19 heavy (non-hydrogen) atoms. The van der Waals surface area contributed by atoms with Crippen molar-refractivity contribution in [3.05, 3.63) is 51.1 Å². The third-order valence-corrected chi connectivity index (χ3v) is 3.00. The quantitative estimate of drug-likeness (QED) is 0.898. The molecule has 2 rings (SSSR count). The molecular weight excluding hydrogens is 307 g/mol. The molecule has 0 saturated heterocycles. The van der Waals surface area contributed by atoms with E-state index in [9.17, 15) is 0 Å². The van der Waals surface area contributed by atoms with Crippen LogP contribution in [0.3, 0.4) is 0 Å². The van der Waals surface area contributed by atoms with Gasteiger partial charge in [-0.25, -0.2) is 4.98 Å². The SMILES string of the molecule is CNCc1cnc(Oc2cc(Cl)cc(Cl)c2)c(Cl)c1. The van der Waals surface area contributed by atoms with Crippen molar-refractivity contribution in [1.82, 2.24) is 10.3 Å². The molecule has 0 atom stereocenters. The van der Waals surface area contributed by atoms with Crippen LogP contribution in [0.25, 0.3) is 0 Å². The zero-order chi connectivity index (χ0) is 13.8. The normalized spacial score (nSPS) is 10.5. The third kappa shape index (κ3) is 3.98. The summed E-state index contributed by atoms with van der Waals surface area (Å²) >= 11 is 17.9. The number of aromatic nitrogens is 1. The van der Waals surface area contributed by atoms with Crippen LogP contribution in [0.15, 0.2) is 30.5 Å². The highest BCUT2D eigenvalue weighted by molar-refractivity contribution is 6.34. The maximum atomic E-state index is 6.11. The van der Waals surface area contributed by atoms with Gasteiger partial charge in [-0.15, -0.1) is 0 Å². The molecular formula is C13H11Cl3N2O. The van der Waals surface area contributed by atoms with Crippen molar-refractivity contribution in [2.24, 2.45) is 0 Å². The standard InChI is InChI=1S/C13H11Cl3N2O/c1-17-6-8-2-12(16)13(18-7-8)19-11-4-9(14)3-10(15)5-11/h2-5,7,17H,6H2,1H3. The number of rotatable bonds is 4. The van der Waals surface area contributed by atoms with E-state index in [-0.39, 0.29) is 0 Å². The van der Waals surface area contributed by atoms with Crippen LogP contribution >= 0.6 is 34.8 Å².